The van der Waals surface area contributed by atoms with E-state index in [-0.39, 0.29) is 0 Å². The first-order chi connectivity index (χ1) is 9.45. The van der Waals surface area contributed by atoms with Crippen LogP contribution in [0.2, 0.25) is 0 Å². The third-order valence-electron chi connectivity index (χ3n) is 2.65. The molecule has 7 heteroatoms. The number of unbranched alkanes of at least 4 members (excludes halogenated alkanes) is 1. The Bertz CT molecular complexity index is 484. The minimum absolute atomic E-state index is 0.395. The molecule has 0 amide bonds. The van der Waals surface area contributed by atoms with Crippen molar-refractivity contribution >= 4 is 33.1 Å². The fourth-order valence-corrected chi connectivity index (χ4v) is 4.47. The zero-order valence-corrected chi connectivity index (χ0v) is 14.8. The van der Waals surface area contributed by atoms with Gasteiger partial charge in [0.15, 0.2) is 0 Å². The first kappa shape index (κ1) is 18.0. The second kappa shape index (κ2) is 9.04. The van der Waals surface area contributed by atoms with Crippen LogP contribution < -0.4 is 10.0 Å². The van der Waals surface area contributed by atoms with Crippen molar-refractivity contribution in [3.05, 3.63) is 17.0 Å². The third-order valence-corrected chi connectivity index (χ3v) is 6.39. The third kappa shape index (κ3) is 6.58. The summed E-state index contributed by atoms with van der Waals surface area (Å²) in [5.41, 5.74) is 0. The summed E-state index contributed by atoms with van der Waals surface area (Å²) in [5.74, 6) is 1.08. The fraction of sp³-hybridized carbons (Fsp3) is 0.692. The summed E-state index contributed by atoms with van der Waals surface area (Å²) in [6.45, 7) is 5.37. The van der Waals surface area contributed by atoms with Crippen molar-refractivity contribution in [2.75, 3.05) is 18.6 Å². The normalized spacial score (nSPS) is 12.2. The molecule has 0 saturated carbocycles. The van der Waals surface area contributed by atoms with Crippen molar-refractivity contribution in [1.82, 2.24) is 10.0 Å². The first-order valence-corrected chi connectivity index (χ1v) is 10.5. The molecular formula is C13H24N2O2S3. The van der Waals surface area contributed by atoms with E-state index in [0.29, 0.717) is 23.3 Å². The molecular weight excluding hydrogens is 312 g/mol. The average Bonchev–Trinajstić information content (AvgIpc) is 2.85. The maximum Gasteiger partial charge on any atom is 0.250 e. The first-order valence-electron chi connectivity index (χ1n) is 6.76. The summed E-state index contributed by atoms with van der Waals surface area (Å²) in [7, 11) is -3.33. The van der Waals surface area contributed by atoms with Gasteiger partial charge in [0.1, 0.15) is 4.21 Å². The molecule has 0 saturated heterocycles. The van der Waals surface area contributed by atoms with Crippen LogP contribution in [0.5, 0.6) is 0 Å². The van der Waals surface area contributed by atoms with Crippen molar-refractivity contribution < 1.29 is 8.42 Å². The van der Waals surface area contributed by atoms with Crippen LogP contribution in [0.15, 0.2) is 16.3 Å². The van der Waals surface area contributed by atoms with Gasteiger partial charge in [-0.1, -0.05) is 13.8 Å². The lowest BCUT2D eigenvalue weighted by Gasteiger charge is -2.06. The van der Waals surface area contributed by atoms with Gasteiger partial charge >= 0.3 is 0 Å². The molecule has 1 aromatic rings. The molecule has 1 heterocycles. The molecule has 0 aliphatic carbocycles. The predicted molar refractivity (Wildman–Crippen MR) is 89.1 cm³/mol. The highest BCUT2D eigenvalue weighted by Gasteiger charge is 2.16. The molecule has 1 aromatic heterocycles. The second-order valence-corrected chi connectivity index (χ2v) is 9.00. The van der Waals surface area contributed by atoms with E-state index < -0.39 is 10.0 Å². The van der Waals surface area contributed by atoms with Crippen LogP contribution in [0.4, 0.5) is 0 Å². The van der Waals surface area contributed by atoms with Gasteiger partial charge in [-0.3, -0.25) is 0 Å². The summed E-state index contributed by atoms with van der Waals surface area (Å²) in [5, 5.41) is 3.29. The lowest BCUT2D eigenvalue weighted by molar-refractivity contribution is 0.580. The van der Waals surface area contributed by atoms with Gasteiger partial charge in [-0.15, -0.1) is 11.3 Å². The molecule has 0 aliphatic rings. The predicted octanol–water partition coefficient (Wildman–Crippen LogP) is 2.67. The van der Waals surface area contributed by atoms with E-state index >= 15 is 0 Å². The SMILES string of the molecule is CSCCCCNS(=O)(=O)c1ccc(CNC(C)C)s1. The lowest BCUT2D eigenvalue weighted by Crippen LogP contribution is -2.24. The molecule has 0 aliphatic heterocycles. The zero-order valence-electron chi connectivity index (χ0n) is 12.3. The van der Waals surface area contributed by atoms with Crippen LogP contribution in [0.1, 0.15) is 31.6 Å². The van der Waals surface area contributed by atoms with Crippen LogP contribution in [-0.4, -0.2) is 33.0 Å². The molecule has 116 valence electrons. The second-order valence-electron chi connectivity index (χ2n) is 4.85. The number of nitrogens with one attached hydrogen (secondary N) is 2. The summed E-state index contributed by atoms with van der Waals surface area (Å²) < 4.78 is 27.3. The number of sulfonamides is 1. The van der Waals surface area contributed by atoms with Crippen molar-refractivity contribution in [2.45, 2.75) is 43.5 Å². The summed E-state index contributed by atoms with van der Waals surface area (Å²) >= 11 is 3.12. The summed E-state index contributed by atoms with van der Waals surface area (Å²) in [6, 6.07) is 3.96. The van der Waals surface area contributed by atoms with E-state index in [1.165, 1.54) is 11.3 Å². The molecule has 0 fully saturated rings. The molecule has 20 heavy (non-hydrogen) atoms. The van der Waals surface area contributed by atoms with Gasteiger partial charge in [0.05, 0.1) is 0 Å². The van der Waals surface area contributed by atoms with E-state index in [1.807, 2.05) is 6.07 Å². The summed E-state index contributed by atoms with van der Waals surface area (Å²) in [6.07, 6.45) is 3.98. The number of rotatable bonds is 10. The van der Waals surface area contributed by atoms with Crippen molar-refractivity contribution in [1.29, 1.82) is 0 Å². The van der Waals surface area contributed by atoms with Crippen LogP contribution in [0, 0.1) is 0 Å². The van der Waals surface area contributed by atoms with Gasteiger partial charge in [-0.2, -0.15) is 11.8 Å². The van der Waals surface area contributed by atoms with E-state index in [2.05, 4.69) is 30.1 Å². The number of hydrogen-bond acceptors (Lipinski definition) is 5. The average molecular weight is 337 g/mol. The van der Waals surface area contributed by atoms with Crippen molar-refractivity contribution in [2.24, 2.45) is 0 Å². The molecule has 0 atom stereocenters. The Morgan fingerprint density at radius 2 is 2.05 bits per heavy atom. The molecule has 4 nitrogen and oxygen atoms in total. The molecule has 2 N–H and O–H groups in total. The Morgan fingerprint density at radius 1 is 1.30 bits per heavy atom. The molecule has 0 unspecified atom stereocenters. The zero-order chi connectivity index (χ0) is 15.0. The molecule has 0 spiro atoms. The highest BCUT2D eigenvalue weighted by Crippen LogP contribution is 2.21. The molecule has 0 aromatic carbocycles. The molecule has 0 bridgehead atoms. The Morgan fingerprint density at radius 3 is 2.70 bits per heavy atom. The monoisotopic (exact) mass is 336 g/mol. The Balaban J connectivity index is 2.46. The highest BCUT2D eigenvalue weighted by atomic mass is 32.2. The minimum Gasteiger partial charge on any atom is -0.310 e. The Labute approximate surface area is 130 Å². The maximum absolute atomic E-state index is 12.1. The number of thiophene rings is 1. The van der Waals surface area contributed by atoms with Crippen LogP contribution in [-0.2, 0) is 16.6 Å². The van der Waals surface area contributed by atoms with Gasteiger partial charge in [-0.05, 0) is 37.0 Å². The Hall–Kier alpha value is -0.0800. The highest BCUT2D eigenvalue weighted by molar-refractivity contribution is 7.98. The number of thioether (sulfide) groups is 1. The van der Waals surface area contributed by atoms with Crippen LogP contribution >= 0.6 is 23.1 Å². The topological polar surface area (TPSA) is 58.2 Å². The van der Waals surface area contributed by atoms with Gasteiger partial charge in [-0.25, -0.2) is 13.1 Å². The van der Waals surface area contributed by atoms with Gasteiger partial charge < -0.3 is 5.32 Å². The van der Waals surface area contributed by atoms with E-state index in [4.69, 9.17) is 0 Å². The maximum atomic E-state index is 12.1. The van der Waals surface area contributed by atoms with Gasteiger partial charge in [0.25, 0.3) is 0 Å². The smallest absolute Gasteiger partial charge is 0.250 e. The molecule has 0 radical (unpaired) electrons. The van der Waals surface area contributed by atoms with Gasteiger partial charge in [0.2, 0.25) is 10.0 Å². The van der Waals surface area contributed by atoms with E-state index in [1.54, 1.807) is 17.8 Å². The van der Waals surface area contributed by atoms with Gasteiger partial charge in [0, 0.05) is 24.0 Å². The quantitative estimate of drug-likeness (QED) is 0.645. The van der Waals surface area contributed by atoms with Crippen molar-refractivity contribution in [3.63, 3.8) is 0 Å². The standard InChI is InChI=1S/C13H24N2O2S3/c1-11(2)14-10-12-6-7-13(19-12)20(16,17)15-8-4-5-9-18-3/h6-7,11,14-15H,4-5,8-10H2,1-3H3. The largest absolute Gasteiger partial charge is 0.310 e. The minimum atomic E-state index is -3.33. The van der Waals surface area contributed by atoms with Crippen LogP contribution in [0.3, 0.4) is 0 Å². The summed E-state index contributed by atoms with van der Waals surface area (Å²) in [4.78, 5) is 1.04. The Kier molecular flexibility index (Phi) is 8.13. The number of hydrogen-bond donors (Lipinski definition) is 2. The van der Waals surface area contributed by atoms with Crippen LogP contribution in [0.25, 0.3) is 0 Å². The van der Waals surface area contributed by atoms with Crippen molar-refractivity contribution in [3.8, 4) is 0 Å². The fourth-order valence-electron chi connectivity index (χ4n) is 1.55. The lowest BCUT2D eigenvalue weighted by atomic mass is 10.3. The van der Waals surface area contributed by atoms with E-state index in [0.717, 1.165) is 23.5 Å². The molecule has 1 rings (SSSR count). The van der Waals surface area contributed by atoms with E-state index in [9.17, 15) is 8.42 Å².